The molecular formula is C35H31FN4O4. The summed E-state index contributed by atoms with van der Waals surface area (Å²) in [6.07, 6.45) is 0.242. The van der Waals surface area contributed by atoms with Gasteiger partial charge in [-0.3, -0.25) is 14.5 Å². The number of amides is 4. The van der Waals surface area contributed by atoms with E-state index in [1.807, 2.05) is 72.8 Å². The van der Waals surface area contributed by atoms with Crippen LogP contribution in [-0.4, -0.2) is 47.3 Å². The number of hydrogen-bond acceptors (Lipinski definition) is 4. The number of rotatable bonds is 9. The van der Waals surface area contributed by atoms with Crippen molar-refractivity contribution in [1.29, 1.82) is 0 Å². The standard InChI is InChI=1S/C35H31FN4O4/c1-39-30-22-40(29(19-23-11-4-2-5-12-23)33(41)37-21-25-13-8-9-18-28(25)36)34(42)31(30)32(38-35(39)43)24-14-10-17-27(20-24)44-26-15-6-3-7-16-26/h2-18,20,29,32H,19,21-22H2,1H3,(H,37,41)(H,38,43)/t29-,32-/m0/s1. The first-order valence-electron chi connectivity index (χ1n) is 14.3. The number of hydrogen-bond donors (Lipinski definition) is 2. The molecule has 2 aliphatic heterocycles. The largest absolute Gasteiger partial charge is 0.457 e. The van der Waals surface area contributed by atoms with E-state index in [-0.39, 0.29) is 31.4 Å². The van der Waals surface area contributed by atoms with E-state index in [0.29, 0.717) is 33.9 Å². The zero-order valence-electron chi connectivity index (χ0n) is 24.1. The van der Waals surface area contributed by atoms with Crippen molar-refractivity contribution >= 4 is 17.8 Å². The maximum Gasteiger partial charge on any atom is 0.322 e. The lowest BCUT2D eigenvalue weighted by Crippen LogP contribution is -2.49. The van der Waals surface area contributed by atoms with Gasteiger partial charge in [-0.25, -0.2) is 9.18 Å². The van der Waals surface area contributed by atoms with Crippen molar-refractivity contribution in [2.45, 2.75) is 25.0 Å². The number of nitrogens with zero attached hydrogens (tertiary/aromatic N) is 2. The molecule has 0 aliphatic carbocycles. The van der Waals surface area contributed by atoms with Crippen molar-refractivity contribution in [2.24, 2.45) is 0 Å². The van der Waals surface area contributed by atoms with Gasteiger partial charge in [0, 0.05) is 25.6 Å². The van der Waals surface area contributed by atoms with Crippen molar-refractivity contribution in [1.82, 2.24) is 20.4 Å². The van der Waals surface area contributed by atoms with Crippen LogP contribution in [0, 0.1) is 5.82 Å². The molecule has 2 aliphatic rings. The predicted molar refractivity (Wildman–Crippen MR) is 163 cm³/mol. The number of urea groups is 1. The molecule has 0 saturated heterocycles. The minimum absolute atomic E-state index is 0.0251. The molecule has 0 aromatic heterocycles. The maximum absolute atomic E-state index is 14.3. The monoisotopic (exact) mass is 590 g/mol. The third-order valence-electron chi connectivity index (χ3n) is 7.92. The minimum atomic E-state index is -0.904. The summed E-state index contributed by atoms with van der Waals surface area (Å²) >= 11 is 0. The molecule has 4 aromatic rings. The molecule has 0 spiro atoms. The van der Waals surface area contributed by atoms with Crippen LogP contribution in [0.4, 0.5) is 9.18 Å². The number of likely N-dealkylation sites (N-methyl/N-ethyl adjacent to an activating group) is 1. The highest BCUT2D eigenvalue weighted by atomic mass is 19.1. The fourth-order valence-electron chi connectivity index (χ4n) is 5.60. The maximum atomic E-state index is 14.3. The molecule has 0 bridgehead atoms. The number of carbonyl (C=O) groups is 3. The minimum Gasteiger partial charge on any atom is -0.457 e. The zero-order valence-corrected chi connectivity index (χ0v) is 24.1. The molecule has 4 amide bonds. The molecule has 4 aromatic carbocycles. The summed E-state index contributed by atoms with van der Waals surface area (Å²) in [5, 5.41) is 5.78. The van der Waals surface area contributed by atoms with Gasteiger partial charge in [0.25, 0.3) is 5.91 Å². The first kappa shape index (κ1) is 28.7. The van der Waals surface area contributed by atoms with Gasteiger partial charge in [0.1, 0.15) is 23.4 Å². The van der Waals surface area contributed by atoms with E-state index in [2.05, 4.69) is 10.6 Å². The highest BCUT2D eigenvalue weighted by molar-refractivity contribution is 6.03. The third kappa shape index (κ3) is 5.89. The number of carbonyl (C=O) groups excluding carboxylic acids is 3. The van der Waals surface area contributed by atoms with Crippen molar-refractivity contribution in [3.63, 3.8) is 0 Å². The lowest BCUT2D eigenvalue weighted by molar-refractivity contribution is -0.136. The Labute approximate surface area is 254 Å². The number of halogens is 1. The summed E-state index contributed by atoms with van der Waals surface area (Å²) in [6.45, 7) is 0.0438. The molecule has 0 fully saturated rings. The highest BCUT2D eigenvalue weighted by Gasteiger charge is 2.46. The summed E-state index contributed by atoms with van der Waals surface area (Å²) in [5.74, 6) is 0.0237. The third-order valence-corrected chi connectivity index (χ3v) is 7.92. The van der Waals surface area contributed by atoms with Gasteiger partial charge in [-0.2, -0.15) is 0 Å². The first-order chi connectivity index (χ1) is 21.4. The van der Waals surface area contributed by atoms with Gasteiger partial charge >= 0.3 is 6.03 Å². The van der Waals surface area contributed by atoms with Crippen molar-refractivity contribution in [2.75, 3.05) is 13.6 Å². The number of ether oxygens (including phenoxy) is 1. The summed E-state index contributed by atoms with van der Waals surface area (Å²) in [6, 6.07) is 30.2. The Bertz CT molecular complexity index is 1730. The van der Waals surface area contributed by atoms with Crippen molar-refractivity contribution in [3.05, 3.63) is 143 Å². The molecule has 0 unspecified atom stereocenters. The number of nitrogens with one attached hydrogen (secondary N) is 2. The predicted octanol–water partition coefficient (Wildman–Crippen LogP) is 5.34. The molecule has 9 heteroatoms. The van der Waals surface area contributed by atoms with E-state index in [9.17, 15) is 18.8 Å². The Hall–Kier alpha value is -5.44. The summed E-state index contributed by atoms with van der Waals surface area (Å²) in [5.41, 5.74) is 2.80. The Kier molecular flexibility index (Phi) is 8.10. The van der Waals surface area contributed by atoms with Gasteiger partial charge in [0.2, 0.25) is 5.91 Å². The number of para-hydroxylation sites is 1. The fourth-order valence-corrected chi connectivity index (χ4v) is 5.60. The summed E-state index contributed by atoms with van der Waals surface area (Å²) in [7, 11) is 1.61. The zero-order chi connectivity index (χ0) is 30.6. The van der Waals surface area contributed by atoms with Crippen LogP contribution in [-0.2, 0) is 22.6 Å². The molecule has 6 rings (SSSR count). The van der Waals surface area contributed by atoms with E-state index < -0.39 is 23.8 Å². The van der Waals surface area contributed by atoms with Crippen LogP contribution in [0.2, 0.25) is 0 Å². The van der Waals surface area contributed by atoms with Crippen LogP contribution < -0.4 is 15.4 Å². The lowest BCUT2D eigenvalue weighted by Gasteiger charge is -2.31. The second-order valence-electron chi connectivity index (χ2n) is 10.7. The van der Waals surface area contributed by atoms with Crippen LogP contribution >= 0.6 is 0 Å². The molecule has 2 heterocycles. The van der Waals surface area contributed by atoms with Gasteiger partial charge in [-0.15, -0.1) is 0 Å². The van der Waals surface area contributed by atoms with E-state index in [0.717, 1.165) is 5.56 Å². The second kappa shape index (κ2) is 12.4. The van der Waals surface area contributed by atoms with Gasteiger partial charge in [-0.1, -0.05) is 78.9 Å². The van der Waals surface area contributed by atoms with E-state index in [1.165, 1.54) is 15.9 Å². The van der Waals surface area contributed by atoms with Crippen molar-refractivity contribution < 1.29 is 23.5 Å². The Morgan fingerprint density at radius 3 is 2.36 bits per heavy atom. The van der Waals surface area contributed by atoms with Crippen LogP contribution in [0.3, 0.4) is 0 Å². The fraction of sp³-hybridized carbons (Fsp3) is 0.171. The van der Waals surface area contributed by atoms with E-state index >= 15 is 0 Å². The quantitative estimate of drug-likeness (QED) is 0.276. The molecule has 0 saturated carbocycles. The second-order valence-corrected chi connectivity index (χ2v) is 10.7. The normalized spacial score (nSPS) is 16.8. The molecule has 44 heavy (non-hydrogen) atoms. The van der Waals surface area contributed by atoms with Crippen molar-refractivity contribution in [3.8, 4) is 11.5 Å². The summed E-state index contributed by atoms with van der Waals surface area (Å²) in [4.78, 5) is 44.0. The topological polar surface area (TPSA) is 91.0 Å². The SMILES string of the molecule is CN1C(=O)N[C@@H](c2cccc(Oc3ccccc3)c2)C2=C1CN([C@@H](Cc1ccccc1)C(=O)NCc1ccccc1F)C2=O. The molecule has 2 atom stereocenters. The van der Waals surface area contributed by atoms with Crippen LogP contribution in [0.5, 0.6) is 11.5 Å². The van der Waals surface area contributed by atoms with E-state index in [1.54, 1.807) is 37.4 Å². The van der Waals surface area contributed by atoms with Gasteiger partial charge in [-0.05, 0) is 41.5 Å². The van der Waals surface area contributed by atoms with E-state index in [4.69, 9.17) is 4.74 Å². The summed E-state index contributed by atoms with van der Waals surface area (Å²) < 4.78 is 20.3. The Balaban J connectivity index is 1.29. The number of benzene rings is 4. The first-order valence-corrected chi connectivity index (χ1v) is 14.3. The van der Waals surface area contributed by atoms with Gasteiger partial charge in [0.15, 0.2) is 0 Å². The van der Waals surface area contributed by atoms with Gasteiger partial charge < -0.3 is 20.3 Å². The lowest BCUT2D eigenvalue weighted by atomic mass is 9.95. The average molecular weight is 591 g/mol. The molecule has 0 radical (unpaired) electrons. The van der Waals surface area contributed by atoms with Crippen LogP contribution in [0.25, 0.3) is 0 Å². The van der Waals surface area contributed by atoms with Gasteiger partial charge in [0.05, 0.1) is 23.9 Å². The molecular weight excluding hydrogens is 559 g/mol. The highest BCUT2D eigenvalue weighted by Crippen LogP contribution is 2.38. The van der Waals surface area contributed by atoms with Crippen LogP contribution in [0.1, 0.15) is 22.7 Å². The molecule has 222 valence electrons. The Morgan fingerprint density at radius 1 is 0.932 bits per heavy atom. The molecule has 8 nitrogen and oxygen atoms in total. The average Bonchev–Trinajstić information content (AvgIpc) is 3.39. The van der Waals surface area contributed by atoms with Crippen LogP contribution in [0.15, 0.2) is 120 Å². The smallest absolute Gasteiger partial charge is 0.322 e. The Morgan fingerprint density at radius 2 is 1.61 bits per heavy atom. The molecule has 2 N–H and O–H groups in total.